The summed E-state index contributed by atoms with van der Waals surface area (Å²) in [4.78, 5) is 24.7. The molecule has 0 bridgehead atoms. The zero-order chi connectivity index (χ0) is 25.3. The van der Waals surface area contributed by atoms with Crippen LogP contribution in [-0.2, 0) is 16.6 Å². The second-order valence-corrected chi connectivity index (χ2v) is 8.69. The van der Waals surface area contributed by atoms with E-state index in [1.807, 2.05) is 66.2 Å². The molecule has 36 heavy (non-hydrogen) atoms. The van der Waals surface area contributed by atoms with Crippen molar-refractivity contribution in [3.63, 3.8) is 0 Å². The average molecular weight is 500 g/mol. The SMILES string of the molecule is COc1ccc(NC(=O)CSc2nnc(-c3cccc(NC(=O)/C=C/c4ccccc4)c3)n2C)cc1. The molecule has 2 amide bonds. The summed E-state index contributed by atoms with van der Waals surface area (Å²) in [7, 11) is 3.43. The lowest BCUT2D eigenvalue weighted by molar-refractivity contribution is -0.114. The monoisotopic (exact) mass is 499 g/mol. The maximum absolute atomic E-state index is 12.4. The van der Waals surface area contributed by atoms with Crippen molar-refractivity contribution in [3.05, 3.63) is 90.5 Å². The van der Waals surface area contributed by atoms with Crippen LogP contribution in [0.1, 0.15) is 5.56 Å². The minimum atomic E-state index is -0.229. The van der Waals surface area contributed by atoms with Gasteiger partial charge in [-0.15, -0.1) is 10.2 Å². The number of benzene rings is 3. The summed E-state index contributed by atoms with van der Waals surface area (Å²) in [5.41, 5.74) is 3.08. The quantitative estimate of drug-likeness (QED) is 0.252. The van der Waals surface area contributed by atoms with Crippen molar-refractivity contribution in [3.8, 4) is 17.1 Å². The minimum Gasteiger partial charge on any atom is -0.497 e. The van der Waals surface area contributed by atoms with Gasteiger partial charge in [0.15, 0.2) is 11.0 Å². The number of thioether (sulfide) groups is 1. The molecule has 0 aliphatic heterocycles. The van der Waals surface area contributed by atoms with Crippen molar-refractivity contribution in [1.29, 1.82) is 0 Å². The Balaban J connectivity index is 1.36. The van der Waals surface area contributed by atoms with Gasteiger partial charge in [0.25, 0.3) is 0 Å². The highest BCUT2D eigenvalue weighted by atomic mass is 32.2. The molecule has 3 aromatic carbocycles. The van der Waals surface area contributed by atoms with Gasteiger partial charge >= 0.3 is 0 Å². The van der Waals surface area contributed by atoms with Crippen molar-refractivity contribution in [2.75, 3.05) is 23.5 Å². The molecule has 0 atom stereocenters. The molecule has 0 unspecified atom stereocenters. The molecule has 182 valence electrons. The molecule has 0 radical (unpaired) electrons. The molecule has 9 heteroatoms. The van der Waals surface area contributed by atoms with Crippen molar-refractivity contribution in [1.82, 2.24) is 14.8 Å². The van der Waals surface area contributed by atoms with Gasteiger partial charge in [-0.25, -0.2) is 0 Å². The van der Waals surface area contributed by atoms with E-state index in [9.17, 15) is 9.59 Å². The van der Waals surface area contributed by atoms with E-state index < -0.39 is 0 Å². The molecule has 0 spiro atoms. The summed E-state index contributed by atoms with van der Waals surface area (Å²) in [6, 6.07) is 24.1. The van der Waals surface area contributed by atoms with Gasteiger partial charge in [0.1, 0.15) is 5.75 Å². The highest BCUT2D eigenvalue weighted by molar-refractivity contribution is 7.99. The van der Waals surface area contributed by atoms with Crippen molar-refractivity contribution in [2.45, 2.75) is 5.16 Å². The normalized spacial score (nSPS) is 10.8. The number of carbonyl (C=O) groups is 2. The van der Waals surface area contributed by atoms with E-state index in [0.29, 0.717) is 22.4 Å². The third-order valence-corrected chi connectivity index (χ3v) is 6.18. The molecule has 0 aliphatic rings. The van der Waals surface area contributed by atoms with Gasteiger partial charge in [-0.1, -0.05) is 54.2 Å². The topological polar surface area (TPSA) is 98.1 Å². The number of amides is 2. The predicted octanol–water partition coefficient (Wildman–Crippen LogP) is 4.87. The molecule has 4 aromatic rings. The van der Waals surface area contributed by atoms with E-state index >= 15 is 0 Å². The molecular weight excluding hydrogens is 474 g/mol. The lowest BCUT2D eigenvalue weighted by Crippen LogP contribution is -2.14. The van der Waals surface area contributed by atoms with Gasteiger partial charge in [0.05, 0.1) is 12.9 Å². The molecular formula is C27H25N5O3S. The first-order valence-corrected chi connectivity index (χ1v) is 12.1. The number of anilines is 2. The lowest BCUT2D eigenvalue weighted by Gasteiger charge is -2.07. The Morgan fingerprint density at radius 3 is 2.47 bits per heavy atom. The lowest BCUT2D eigenvalue weighted by atomic mass is 10.2. The Labute approximate surface area is 213 Å². The molecule has 0 fully saturated rings. The van der Waals surface area contributed by atoms with Crippen LogP contribution in [0.15, 0.2) is 90.1 Å². The smallest absolute Gasteiger partial charge is 0.248 e. The van der Waals surface area contributed by atoms with Crippen LogP contribution in [0.5, 0.6) is 5.75 Å². The molecule has 0 aliphatic carbocycles. The van der Waals surface area contributed by atoms with Gasteiger partial charge in [0.2, 0.25) is 11.8 Å². The zero-order valence-electron chi connectivity index (χ0n) is 19.8. The fourth-order valence-corrected chi connectivity index (χ4v) is 4.06. The average Bonchev–Trinajstić information content (AvgIpc) is 3.27. The third kappa shape index (κ3) is 6.61. The van der Waals surface area contributed by atoms with Crippen LogP contribution in [0.3, 0.4) is 0 Å². The number of aromatic nitrogens is 3. The summed E-state index contributed by atoms with van der Waals surface area (Å²) >= 11 is 1.29. The number of nitrogens with one attached hydrogen (secondary N) is 2. The summed E-state index contributed by atoms with van der Waals surface area (Å²) in [5.74, 6) is 1.16. The van der Waals surface area contributed by atoms with Crippen molar-refractivity contribution in [2.24, 2.45) is 7.05 Å². The van der Waals surface area contributed by atoms with Gasteiger partial charge < -0.3 is 19.9 Å². The van der Waals surface area contributed by atoms with Crippen LogP contribution in [0.2, 0.25) is 0 Å². The highest BCUT2D eigenvalue weighted by Crippen LogP contribution is 2.25. The summed E-state index contributed by atoms with van der Waals surface area (Å²) in [6.45, 7) is 0. The van der Waals surface area contributed by atoms with Crippen molar-refractivity contribution < 1.29 is 14.3 Å². The number of methoxy groups -OCH3 is 1. The molecule has 0 saturated carbocycles. The standard InChI is InChI=1S/C27H25N5O3S/c1-32-26(30-31-27(32)36-18-25(34)28-21-12-14-23(35-2)15-13-21)20-9-6-10-22(17-20)29-24(33)16-11-19-7-4-3-5-8-19/h3-17H,18H2,1-2H3,(H,28,34)(H,29,33)/b16-11+. The summed E-state index contributed by atoms with van der Waals surface area (Å²) in [6.07, 6.45) is 3.26. The van der Waals surface area contributed by atoms with E-state index in [-0.39, 0.29) is 17.6 Å². The van der Waals surface area contributed by atoms with E-state index in [1.54, 1.807) is 37.5 Å². The predicted molar refractivity (Wildman–Crippen MR) is 143 cm³/mol. The fraction of sp³-hybridized carbons (Fsp3) is 0.111. The van der Waals surface area contributed by atoms with Gasteiger partial charge in [-0.05, 0) is 48.0 Å². The van der Waals surface area contributed by atoms with Crippen LogP contribution in [-0.4, -0.2) is 39.4 Å². The first-order valence-electron chi connectivity index (χ1n) is 11.1. The van der Waals surface area contributed by atoms with E-state index in [1.165, 1.54) is 17.8 Å². The molecule has 1 aromatic heterocycles. The Kier molecular flexibility index (Phi) is 8.15. The number of nitrogens with zero attached hydrogens (tertiary/aromatic N) is 3. The molecule has 0 saturated heterocycles. The Morgan fingerprint density at radius 2 is 1.72 bits per heavy atom. The number of hydrogen-bond acceptors (Lipinski definition) is 6. The molecule has 4 rings (SSSR count). The Morgan fingerprint density at radius 1 is 0.944 bits per heavy atom. The maximum Gasteiger partial charge on any atom is 0.248 e. The van der Waals surface area contributed by atoms with E-state index in [2.05, 4.69) is 20.8 Å². The van der Waals surface area contributed by atoms with Crippen LogP contribution in [0.25, 0.3) is 17.5 Å². The van der Waals surface area contributed by atoms with Crippen LogP contribution in [0.4, 0.5) is 11.4 Å². The Hall–Kier alpha value is -4.37. The van der Waals surface area contributed by atoms with Gasteiger partial charge in [-0.3, -0.25) is 9.59 Å². The van der Waals surface area contributed by atoms with Gasteiger partial charge in [-0.2, -0.15) is 0 Å². The number of carbonyl (C=O) groups excluding carboxylic acids is 2. The second-order valence-electron chi connectivity index (χ2n) is 7.74. The number of hydrogen-bond donors (Lipinski definition) is 2. The van der Waals surface area contributed by atoms with Crippen molar-refractivity contribution >= 4 is 41.0 Å². The number of ether oxygens (including phenoxy) is 1. The first kappa shape index (κ1) is 24.7. The largest absolute Gasteiger partial charge is 0.497 e. The molecule has 1 heterocycles. The first-order chi connectivity index (χ1) is 17.5. The third-order valence-electron chi connectivity index (χ3n) is 5.16. The fourth-order valence-electron chi connectivity index (χ4n) is 3.35. The molecule has 8 nitrogen and oxygen atoms in total. The van der Waals surface area contributed by atoms with Crippen LogP contribution < -0.4 is 15.4 Å². The highest BCUT2D eigenvalue weighted by Gasteiger charge is 2.14. The molecule has 2 N–H and O–H groups in total. The minimum absolute atomic E-state index is 0.150. The summed E-state index contributed by atoms with van der Waals surface area (Å²) in [5, 5.41) is 14.8. The van der Waals surface area contributed by atoms with E-state index in [0.717, 1.165) is 16.9 Å². The second kappa shape index (κ2) is 11.9. The zero-order valence-corrected chi connectivity index (χ0v) is 20.7. The Bertz CT molecular complexity index is 1370. The maximum atomic E-state index is 12.4. The van der Waals surface area contributed by atoms with Crippen LogP contribution in [0, 0.1) is 0 Å². The van der Waals surface area contributed by atoms with E-state index in [4.69, 9.17) is 4.74 Å². The van der Waals surface area contributed by atoms with Crippen LogP contribution >= 0.6 is 11.8 Å². The van der Waals surface area contributed by atoms with Gasteiger partial charge in [0, 0.05) is 30.1 Å². The summed E-state index contributed by atoms with van der Waals surface area (Å²) < 4.78 is 6.95. The number of rotatable bonds is 9.